The highest BCUT2D eigenvalue weighted by Gasteiger charge is 2.25. The van der Waals surface area contributed by atoms with Gasteiger partial charge in [0.1, 0.15) is 23.7 Å². The predicted molar refractivity (Wildman–Crippen MR) is 80.6 cm³/mol. The fraction of sp³-hybridized carbons (Fsp3) is 0.500. The maximum atomic E-state index is 12.0. The van der Waals surface area contributed by atoms with Crippen LogP contribution in [0.1, 0.15) is 35.1 Å². The summed E-state index contributed by atoms with van der Waals surface area (Å²) in [5, 5.41) is 6.86. The average molecular weight is 301 g/mol. The van der Waals surface area contributed by atoms with E-state index in [0.717, 1.165) is 37.6 Å². The predicted octanol–water partition coefficient (Wildman–Crippen LogP) is 0.680. The number of H-pyrrole nitrogens is 1. The Kier molecular flexibility index (Phi) is 3.99. The molecule has 0 aromatic carbocycles. The van der Waals surface area contributed by atoms with Crippen molar-refractivity contribution in [3.05, 3.63) is 30.2 Å². The van der Waals surface area contributed by atoms with Crippen LogP contribution < -0.4 is 4.90 Å². The number of amides is 1. The summed E-state index contributed by atoms with van der Waals surface area (Å²) in [4.78, 5) is 28.5. The average Bonchev–Trinajstić information content (AvgIpc) is 3.09. The van der Waals surface area contributed by atoms with Crippen LogP contribution in [0.15, 0.2) is 18.7 Å². The maximum absolute atomic E-state index is 12.0. The van der Waals surface area contributed by atoms with Crippen molar-refractivity contribution < 1.29 is 4.79 Å². The molecule has 0 aliphatic carbocycles. The van der Waals surface area contributed by atoms with Gasteiger partial charge < -0.3 is 9.80 Å². The van der Waals surface area contributed by atoms with Gasteiger partial charge >= 0.3 is 0 Å². The quantitative estimate of drug-likeness (QED) is 0.896. The van der Waals surface area contributed by atoms with Crippen molar-refractivity contribution in [2.75, 3.05) is 32.1 Å². The van der Waals surface area contributed by atoms with E-state index in [4.69, 9.17) is 0 Å². The normalized spacial score (nSPS) is 18.3. The number of hydrogen-bond donors (Lipinski definition) is 1. The van der Waals surface area contributed by atoms with E-state index in [-0.39, 0.29) is 5.91 Å². The fourth-order valence-corrected chi connectivity index (χ4v) is 2.66. The van der Waals surface area contributed by atoms with Crippen LogP contribution in [0.3, 0.4) is 0 Å². The maximum Gasteiger partial charge on any atom is 0.273 e. The lowest BCUT2D eigenvalue weighted by Crippen LogP contribution is -2.36. The number of nitrogens with one attached hydrogen (secondary N) is 1. The Balaban J connectivity index is 1.79. The molecule has 8 heteroatoms. The molecule has 3 rings (SSSR count). The summed E-state index contributed by atoms with van der Waals surface area (Å²) in [6.45, 7) is 1.70. The second-order valence-corrected chi connectivity index (χ2v) is 5.62. The van der Waals surface area contributed by atoms with Gasteiger partial charge in [-0.3, -0.25) is 14.9 Å². The molecule has 0 spiro atoms. The van der Waals surface area contributed by atoms with Crippen molar-refractivity contribution in [1.29, 1.82) is 0 Å². The van der Waals surface area contributed by atoms with Crippen LogP contribution in [0.2, 0.25) is 0 Å². The van der Waals surface area contributed by atoms with Gasteiger partial charge in [-0.2, -0.15) is 5.10 Å². The lowest BCUT2D eigenvalue weighted by molar-refractivity contribution is 0.0821. The SMILES string of the molecule is CN(C)C(=O)c1cncc(N2CCC[C@@H](c3ncn[nH]3)C2)n1. The molecule has 0 radical (unpaired) electrons. The first-order chi connectivity index (χ1) is 10.6. The van der Waals surface area contributed by atoms with E-state index in [9.17, 15) is 4.79 Å². The number of anilines is 1. The zero-order valence-corrected chi connectivity index (χ0v) is 12.7. The third kappa shape index (κ3) is 2.90. The minimum absolute atomic E-state index is 0.141. The lowest BCUT2D eigenvalue weighted by atomic mass is 9.97. The second kappa shape index (κ2) is 6.08. The second-order valence-electron chi connectivity index (χ2n) is 5.62. The van der Waals surface area contributed by atoms with Gasteiger partial charge in [0.05, 0.1) is 12.4 Å². The van der Waals surface area contributed by atoms with Crippen molar-refractivity contribution in [3.63, 3.8) is 0 Å². The molecule has 1 amide bonds. The molecule has 1 saturated heterocycles. The Morgan fingerprint density at radius 3 is 3.00 bits per heavy atom. The first-order valence-corrected chi connectivity index (χ1v) is 7.29. The number of piperidine rings is 1. The molecule has 116 valence electrons. The monoisotopic (exact) mass is 301 g/mol. The van der Waals surface area contributed by atoms with Crippen molar-refractivity contribution >= 4 is 11.7 Å². The molecule has 8 nitrogen and oxygen atoms in total. The molecule has 1 aliphatic rings. The summed E-state index contributed by atoms with van der Waals surface area (Å²) in [5.74, 6) is 1.79. The first-order valence-electron chi connectivity index (χ1n) is 7.29. The molecule has 3 heterocycles. The topological polar surface area (TPSA) is 90.9 Å². The number of nitrogens with zero attached hydrogens (tertiary/aromatic N) is 6. The summed E-state index contributed by atoms with van der Waals surface area (Å²) in [6, 6.07) is 0. The molecule has 2 aromatic heterocycles. The third-order valence-electron chi connectivity index (χ3n) is 3.81. The first kappa shape index (κ1) is 14.4. The molecule has 1 aliphatic heterocycles. The Morgan fingerprint density at radius 1 is 1.41 bits per heavy atom. The van der Waals surface area contributed by atoms with Crippen LogP contribution in [-0.2, 0) is 0 Å². The molecular weight excluding hydrogens is 282 g/mol. The largest absolute Gasteiger partial charge is 0.355 e. The van der Waals surface area contributed by atoms with Crippen LogP contribution in [-0.4, -0.2) is 63.1 Å². The number of aromatic amines is 1. The van der Waals surface area contributed by atoms with Crippen molar-refractivity contribution in [2.45, 2.75) is 18.8 Å². The van der Waals surface area contributed by atoms with Crippen LogP contribution >= 0.6 is 0 Å². The highest BCUT2D eigenvalue weighted by atomic mass is 16.2. The molecule has 1 N–H and O–H groups in total. The molecule has 2 aromatic rings. The van der Waals surface area contributed by atoms with Gasteiger partial charge in [0.15, 0.2) is 0 Å². The van der Waals surface area contributed by atoms with Gasteiger partial charge in [-0.1, -0.05) is 0 Å². The summed E-state index contributed by atoms with van der Waals surface area (Å²) in [7, 11) is 3.41. The summed E-state index contributed by atoms with van der Waals surface area (Å²) in [5.41, 5.74) is 0.365. The van der Waals surface area contributed by atoms with E-state index in [2.05, 4.69) is 30.0 Å². The molecule has 1 fully saturated rings. The van der Waals surface area contributed by atoms with Gasteiger partial charge in [-0.15, -0.1) is 0 Å². The highest BCUT2D eigenvalue weighted by Crippen LogP contribution is 2.26. The zero-order chi connectivity index (χ0) is 15.5. The van der Waals surface area contributed by atoms with E-state index in [1.165, 1.54) is 17.4 Å². The smallest absolute Gasteiger partial charge is 0.273 e. The van der Waals surface area contributed by atoms with Crippen LogP contribution in [0, 0.1) is 0 Å². The van der Waals surface area contributed by atoms with E-state index in [1.807, 2.05) is 0 Å². The van der Waals surface area contributed by atoms with Crippen molar-refractivity contribution in [3.8, 4) is 0 Å². The summed E-state index contributed by atoms with van der Waals surface area (Å²) in [6.07, 6.45) is 6.84. The number of carbonyl (C=O) groups excluding carboxylic acids is 1. The number of carbonyl (C=O) groups is 1. The molecule has 0 bridgehead atoms. The Morgan fingerprint density at radius 2 is 2.27 bits per heavy atom. The van der Waals surface area contributed by atoms with Gasteiger partial charge in [-0.05, 0) is 12.8 Å². The minimum atomic E-state index is -0.141. The van der Waals surface area contributed by atoms with Gasteiger partial charge in [-0.25, -0.2) is 9.97 Å². The standard InChI is InChI=1S/C14H19N7O/c1-20(2)14(22)11-6-15-7-12(18-11)21-5-3-4-10(8-21)13-16-9-17-19-13/h6-7,9-10H,3-5,8H2,1-2H3,(H,16,17,19)/t10-/m1/s1. The van der Waals surface area contributed by atoms with Crippen molar-refractivity contribution in [2.24, 2.45) is 0 Å². The Hall–Kier alpha value is -2.51. The summed E-state index contributed by atoms with van der Waals surface area (Å²) >= 11 is 0. The molecular formula is C14H19N7O. The van der Waals surface area contributed by atoms with Gasteiger partial charge in [0.25, 0.3) is 5.91 Å². The van der Waals surface area contributed by atoms with Crippen LogP contribution in [0.4, 0.5) is 5.82 Å². The molecule has 22 heavy (non-hydrogen) atoms. The third-order valence-corrected chi connectivity index (χ3v) is 3.81. The van der Waals surface area contributed by atoms with Crippen molar-refractivity contribution in [1.82, 2.24) is 30.0 Å². The minimum Gasteiger partial charge on any atom is -0.355 e. The molecule has 0 unspecified atom stereocenters. The fourth-order valence-electron chi connectivity index (χ4n) is 2.66. The molecule has 0 saturated carbocycles. The van der Waals surface area contributed by atoms with E-state index in [1.54, 1.807) is 20.3 Å². The van der Waals surface area contributed by atoms with Gasteiger partial charge in [0.2, 0.25) is 0 Å². The molecule has 1 atom stereocenters. The van der Waals surface area contributed by atoms with E-state index in [0.29, 0.717) is 11.6 Å². The summed E-state index contributed by atoms with van der Waals surface area (Å²) < 4.78 is 0. The van der Waals surface area contributed by atoms with Crippen LogP contribution in [0.25, 0.3) is 0 Å². The van der Waals surface area contributed by atoms with E-state index >= 15 is 0 Å². The number of aromatic nitrogens is 5. The highest BCUT2D eigenvalue weighted by molar-refractivity contribution is 5.91. The number of rotatable bonds is 3. The zero-order valence-electron chi connectivity index (χ0n) is 12.7. The van der Waals surface area contributed by atoms with E-state index < -0.39 is 0 Å². The van der Waals surface area contributed by atoms with Gasteiger partial charge in [0, 0.05) is 33.1 Å². The number of hydrogen-bond acceptors (Lipinski definition) is 6. The van der Waals surface area contributed by atoms with Crippen LogP contribution in [0.5, 0.6) is 0 Å². The Bertz CT molecular complexity index is 640. The Labute approximate surface area is 128 Å². The lowest BCUT2D eigenvalue weighted by Gasteiger charge is -2.32.